The van der Waals surface area contributed by atoms with E-state index in [0.717, 1.165) is 40.7 Å². The molecule has 3 unspecified atom stereocenters. The SMILES string of the molecule is CC1=NOC(c2ccc(-c3ccc(C4(C(O)O)CC4)cc3)cc2)C1C(O)c1nnc(Cc2ccccc2)o1. The molecule has 1 aliphatic heterocycles. The van der Waals surface area contributed by atoms with Gasteiger partial charge in [0.15, 0.2) is 12.4 Å². The number of oxime groups is 1. The molecule has 4 aromatic rings. The Morgan fingerprint density at radius 2 is 1.53 bits per heavy atom. The molecule has 8 nitrogen and oxygen atoms in total. The van der Waals surface area contributed by atoms with Gasteiger partial charge in [-0.3, -0.25) is 0 Å². The zero-order valence-corrected chi connectivity index (χ0v) is 20.9. The Morgan fingerprint density at radius 3 is 2.16 bits per heavy atom. The fourth-order valence-corrected chi connectivity index (χ4v) is 5.22. The molecule has 38 heavy (non-hydrogen) atoms. The maximum absolute atomic E-state index is 11.2. The Balaban J connectivity index is 1.17. The molecule has 3 N–H and O–H groups in total. The van der Waals surface area contributed by atoms with Crippen molar-refractivity contribution in [2.45, 2.75) is 50.1 Å². The Bertz CT molecular complexity index is 1430. The topological polar surface area (TPSA) is 121 Å². The van der Waals surface area contributed by atoms with Gasteiger partial charge >= 0.3 is 0 Å². The number of aliphatic hydroxyl groups excluding tert-OH is 2. The molecule has 1 fully saturated rings. The average Bonchev–Trinajstić information content (AvgIpc) is 3.49. The van der Waals surface area contributed by atoms with Crippen LogP contribution in [0, 0.1) is 5.92 Å². The second-order valence-electron chi connectivity index (χ2n) is 10.2. The number of hydrogen-bond acceptors (Lipinski definition) is 8. The fraction of sp³-hybridized carbons (Fsp3) is 0.300. The van der Waals surface area contributed by atoms with Gasteiger partial charge in [0.05, 0.1) is 18.1 Å². The Kier molecular flexibility index (Phi) is 6.31. The third-order valence-electron chi connectivity index (χ3n) is 7.71. The fourth-order valence-electron chi connectivity index (χ4n) is 5.22. The highest BCUT2D eigenvalue weighted by atomic mass is 16.6. The van der Waals surface area contributed by atoms with Crippen molar-refractivity contribution in [3.63, 3.8) is 0 Å². The number of aromatic nitrogens is 2. The third-order valence-corrected chi connectivity index (χ3v) is 7.71. The normalized spacial score (nSPS) is 20.7. The number of hydrogen-bond donors (Lipinski definition) is 3. The van der Waals surface area contributed by atoms with Crippen molar-refractivity contribution in [1.82, 2.24) is 10.2 Å². The number of nitrogens with zero attached hydrogens (tertiary/aromatic N) is 3. The zero-order valence-electron chi connectivity index (χ0n) is 20.9. The molecule has 0 spiro atoms. The minimum Gasteiger partial charge on any atom is -0.422 e. The van der Waals surface area contributed by atoms with E-state index in [9.17, 15) is 15.3 Å². The Hall–Kier alpha value is -3.85. The van der Waals surface area contributed by atoms with Crippen LogP contribution in [0.1, 0.15) is 60.4 Å². The van der Waals surface area contributed by atoms with Gasteiger partial charge in [-0.25, -0.2) is 0 Å². The van der Waals surface area contributed by atoms with Crippen molar-refractivity contribution < 1.29 is 24.6 Å². The molecular formula is C30H29N3O5. The molecule has 194 valence electrons. The molecule has 3 aromatic carbocycles. The highest BCUT2D eigenvalue weighted by Crippen LogP contribution is 2.50. The summed E-state index contributed by atoms with van der Waals surface area (Å²) in [6.07, 6.45) is -0.837. The molecule has 0 bridgehead atoms. The largest absolute Gasteiger partial charge is 0.422 e. The third kappa shape index (κ3) is 4.51. The average molecular weight is 512 g/mol. The smallest absolute Gasteiger partial charge is 0.245 e. The predicted molar refractivity (Wildman–Crippen MR) is 140 cm³/mol. The van der Waals surface area contributed by atoms with E-state index in [4.69, 9.17) is 9.25 Å². The minimum absolute atomic E-state index is 0.143. The number of benzene rings is 3. The van der Waals surface area contributed by atoms with Crippen molar-refractivity contribution in [3.05, 3.63) is 107 Å². The molecule has 1 aromatic heterocycles. The molecule has 2 aliphatic rings. The van der Waals surface area contributed by atoms with Crippen molar-refractivity contribution in [1.29, 1.82) is 0 Å². The summed E-state index contributed by atoms with van der Waals surface area (Å²) in [5.41, 5.74) is 5.05. The maximum atomic E-state index is 11.2. The van der Waals surface area contributed by atoms with Crippen molar-refractivity contribution in [2.24, 2.45) is 11.1 Å². The van der Waals surface area contributed by atoms with E-state index >= 15 is 0 Å². The lowest BCUT2D eigenvalue weighted by atomic mass is 9.87. The van der Waals surface area contributed by atoms with Gasteiger partial charge in [0.2, 0.25) is 11.8 Å². The van der Waals surface area contributed by atoms with Crippen LogP contribution in [0.25, 0.3) is 11.1 Å². The predicted octanol–water partition coefficient (Wildman–Crippen LogP) is 4.47. The van der Waals surface area contributed by atoms with Crippen LogP contribution in [0.5, 0.6) is 0 Å². The lowest BCUT2D eigenvalue weighted by molar-refractivity contribution is -0.0694. The van der Waals surface area contributed by atoms with E-state index in [1.165, 1.54) is 0 Å². The summed E-state index contributed by atoms with van der Waals surface area (Å²) in [5, 5.41) is 43.0. The van der Waals surface area contributed by atoms with Gasteiger partial charge in [-0.15, -0.1) is 10.2 Å². The van der Waals surface area contributed by atoms with Gasteiger partial charge in [-0.1, -0.05) is 84.0 Å². The summed E-state index contributed by atoms with van der Waals surface area (Å²) in [5.74, 6) is 0.112. The van der Waals surface area contributed by atoms with Gasteiger partial charge in [0.1, 0.15) is 6.10 Å². The minimum atomic E-state index is -1.34. The highest BCUT2D eigenvalue weighted by molar-refractivity contribution is 5.86. The first-order valence-corrected chi connectivity index (χ1v) is 12.8. The van der Waals surface area contributed by atoms with E-state index in [1.807, 2.05) is 85.8 Å². The molecule has 3 atom stereocenters. The summed E-state index contributed by atoms with van der Waals surface area (Å²) >= 11 is 0. The van der Waals surface area contributed by atoms with Crippen LogP contribution in [-0.4, -0.2) is 37.5 Å². The van der Waals surface area contributed by atoms with Gasteiger partial charge in [0, 0.05) is 5.41 Å². The Labute approximate surface area is 220 Å². The van der Waals surface area contributed by atoms with Crippen LogP contribution >= 0.6 is 0 Å². The first-order valence-electron chi connectivity index (χ1n) is 12.8. The molecule has 0 amide bonds. The van der Waals surface area contributed by atoms with Gasteiger partial charge in [-0.05, 0) is 47.6 Å². The van der Waals surface area contributed by atoms with Crippen LogP contribution in [0.3, 0.4) is 0 Å². The van der Waals surface area contributed by atoms with Crippen LogP contribution in [0.4, 0.5) is 0 Å². The van der Waals surface area contributed by atoms with Crippen molar-refractivity contribution in [2.75, 3.05) is 0 Å². The van der Waals surface area contributed by atoms with Gasteiger partial charge < -0.3 is 24.6 Å². The first kappa shape index (κ1) is 24.5. The van der Waals surface area contributed by atoms with Crippen LogP contribution in [0.2, 0.25) is 0 Å². The standard InChI is InChI=1S/C30H29N3O5/c1-18-25(26(34)28-32-31-24(37-28)17-19-5-3-2-4-6-19)27(38-33-18)22-9-7-20(8-10-22)21-11-13-23(14-12-21)30(15-16-30)29(35)36/h2-14,25-27,29,34-36H,15-17H2,1H3. The van der Waals surface area contributed by atoms with E-state index in [1.54, 1.807) is 0 Å². The Morgan fingerprint density at radius 1 is 0.868 bits per heavy atom. The second-order valence-corrected chi connectivity index (χ2v) is 10.2. The van der Waals surface area contributed by atoms with Gasteiger partial charge in [-0.2, -0.15) is 0 Å². The van der Waals surface area contributed by atoms with Crippen molar-refractivity contribution >= 4 is 5.71 Å². The van der Waals surface area contributed by atoms with Crippen LogP contribution < -0.4 is 0 Å². The van der Waals surface area contributed by atoms with E-state index in [2.05, 4.69) is 15.4 Å². The first-order chi connectivity index (χ1) is 18.4. The van der Waals surface area contributed by atoms with E-state index in [0.29, 0.717) is 18.0 Å². The molecule has 1 saturated carbocycles. The van der Waals surface area contributed by atoms with E-state index < -0.39 is 29.8 Å². The zero-order chi connectivity index (χ0) is 26.3. The number of rotatable bonds is 8. The monoisotopic (exact) mass is 511 g/mol. The maximum Gasteiger partial charge on any atom is 0.245 e. The molecule has 0 radical (unpaired) electrons. The summed E-state index contributed by atoms with van der Waals surface area (Å²) in [6, 6.07) is 25.7. The molecule has 6 rings (SSSR count). The van der Waals surface area contributed by atoms with E-state index in [-0.39, 0.29) is 5.89 Å². The lowest BCUT2D eigenvalue weighted by Gasteiger charge is -2.21. The summed E-state index contributed by atoms with van der Waals surface area (Å²) in [4.78, 5) is 5.73. The molecule has 2 heterocycles. The molecule has 1 aliphatic carbocycles. The second kappa shape index (κ2) is 9.79. The van der Waals surface area contributed by atoms with Crippen molar-refractivity contribution in [3.8, 4) is 11.1 Å². The molecule has 8 heteroatoms. The molecular weight excluding hydrogens is 482 g/mol. The lowest BCUT2D eigenvalue weighted by Crippen LogP contribution is -2.25. The molecule has 0 saturated heterocycles. The summed E-state index contributed by atoms with van der Waals surface area (Å²) in [7, 11) is 0. The highest BCUT2D eigenvalue weighted by Gasteiger charge is 2.50. The van der Waals surface area contributed by atoms with Crippen LogP contribution in [0.15, 0.2) is 88.4 Å². The summed E-state index contributed by atoms with van der Waals surface area (Å²) in [6.45, 7) is 1.82. The van der Waals surface area contributed by atoms with Crippen LogP contribution in [-0.2, 0) is 16.7 Å². The quantitative estimate of drug-likeness (QED) is 0.299. The summed E-state index contributed by atoms with van der Waals surface area (Å²) < 4.78 is 5.81. The van der Waals surface area contributed by atoms with Gasteiger partial charge in [0.25, 0.3) is 0 Å². The number of aliphatic hydroxyl groups is 3.